The van der Waals surface area contributed by atoms with Gasteiger partial charge in [0, 0.05) is 81.4 Å². The molecule has 14 nitrogen and oxygen atoms in total. The van der Waals surface area contributed by atoms with Gasteiger partial charge in [-0.2, -0.15) is 26.3 Å². The highest BCUT2D eigenvalue weighted by molar-refractivity contribution is 6.21. The van der Waals surface area contributed by atoms with Crippen LogP contribution in [-0.2, 0) is 21.8 Å². The average Bonchev–Trinajstić information content (AvgIpc) is 4.16. The molecule has 10 rings (SSSR count). The van der Waals surface area contributed by atoms with Crippen LogP contribution in [0.15, 0.2) is 60.7 Å². The standard InChI is InChI=1S/C46H32Cl2F6N6O8/c1-67-43(65)35-33-31-21(13-47)15-59(27(31)11-29(61)37(33)57-39(35)45(49,50)51)41(63)25-9-19-7-17(3-5-23(19)55-25)18-4-6-24-20(8-18)10-26(56-24)42(64)60-16-22(14-48)32-28(60)12-30(62)38-34(32)36(44(66)68-2)40(58-38)46(52,53)54/h3-12,21-22,55-58,61-62H,13-16H2,1-2H3/t21-,22-/m1/s1. The molecular weight excluding hydrogens is 949 g/mol. The first-order valence-corrected chi connectivity index (χ1v) is 21.5. The Hall–Kier alpha value is -7.32. The molecule has 0 bridgehead atoms. The van der Waals surface area contributed by atoms with Gasteiger partial charge in [0.15, 0.2) is 0 Å². The Kier molecular flexibility index (Phi) is 10.2. The normalized spacial score (nSPS) is 16.1. The number of benzene rings is 4. The number of carbonyl (C=O) groups is 4. The predicted octanol–water partition coefficient (Wildman–Crippen LogP) is 10.3. The van der Waals surface area contributed by atoms with Crippen LogP contribution in [0.5, 0.6) is 11.5 Å². The Bertz CT molecular complexity index is 3270. The number of phenols is 2. The minimum absolute atomic E-state index is 0.0664. The molecule has 2 atom stereocenters. The van der Waals surface area contributed by atoms with Crippen molar-refractivity contribution in [2.24, 2.45) is 0 Å². The van der Waals surface area contributed by atoms with Gasteiger partial charge in [-0.25, -0.2) is 9.59 Å². The highest BCUT2D eigenvalue weighted by Crippen LogP contribution is 2.51. The van der Waals surface area contributed by atoms with Crippen molar-refractivity contribution in [1.82, 2.24) is 19.9 Å². The second-order valence-electron chi connectivity index (χ2n) is 16.4. The summed E-state index contributed by atoms with van der Waals surface area (Å²) in [5, 5.41) is 22.6. The van der Waals surface area contributed by atoms with Gasteiger partial charge < -0.3 is 49.4 Å². The van der Waals surface area contributed by atoms with Crippen LogP contribution < -0.4 is 9.80 Å². The van der Waals surface area contributed by atoms with E-state index in [1.165, 1.54) is 9.80 Å². The Morgan fingerprint density at radius 3 is 1.34 bits per heavy atom. The van der Waals surface area contributed by atoms with Gasteiger partial charge in [0.1, 0.15) is 34.3 Å². The van der Waals surface area contributed by atoms with Crippen LogP contribution in [0.25, 0.3) is 54.7 Å². The molecule has 0 saturated heterocycles. The summed E-state index contributed by atoms with van der Waals surface area (Å²) in [5.41, 5.74) is -2.02. The molecule has 0 unspecified atom stereocenters. The first-order chi connectivity index (χ1) is 32.3. The van der Waals surface area contributed by atoms with Gasteiger partial charge in [0.25, 0.3) is 11.8 Å². The molecule has 6 N–H and O–H groups in total. The number of aromatic amines is 4. The van der Waals surface area contributed by atoms with Crippen LogP contribution in [0, 0.1) is 0 Å². The molecule has 22 heteroatoms. The number of esters is 2. The maximum Gasteiger partial charge on any atom is 0.432 e. The molecule has 0 radical (unpaired) electrons. The highest BCUT2D eigenvalue weighted by atomic mass is 35.5. The molecule has 4 aromatic carbocycles. The van der Waals surface area contributed by atoms with Gasteiger partial charge in [-0.3, -0.25) is 9.59 Å². The van der Waals surface area contributed by atoms with E-state index in [-0.39, 0.29) is 80.5 Å². The van der Waals surface area contributed by atoms with Gasteiger partial charge in [-0.15, -0.1) is 23.2 Å². The van der Waals surface area contributed by atoms with Crippen LogP contribution in [0.4, 0.5) is 37.7 Å². The summed E-state index contributed by atoms with van der Waals surface area (Å²) in [6, 6.07) is 16.2. The van der Waals surface area contributed by atoms with Gasteiger partial charge in [0.05, 0.1) is 47.8 Å². The number of alkyl halides is 8. The third kappa shape index (κ3) is 6.70. The molecule has 2 aliphatic heterocycles. The van der Waals surface area contributed by atoms with Gasteiger partial charge in [-0.1, -0.05) is 12.1 Å². The molecule has 0 saturated carbocycles. The third-order valence-electron chi connectivity index (χ3n) is 12.6. The van der Waals surface area contributed by atoms with Crippen LogP contribution in [0.1, 0.15) is 76.0 Å². The van der Waals surface area contributed by atoms with E-state index >= 15 is 0 Å². The van der Waals surface area contributed by atoms with Crippen LogP contribution in [0.3, 0.4) is 0 Å². The van der Waals surface area contributed by atoms with Crippen molar-refractivity contribution in [2.45, 2.75) is 24.2 Å². The number of anilines is 2. The van der Waals surface area contributed by atoms with E-state index in [9.17, 15) is 55.7 Å². The van der Waals surface area contributed by atoms with Crippen molar-refractivity contribution >= 4 is 102 Å². The number of methoxy groups -OCH3 is 2. The quantitative estimate of drug-likeness (QED) is 0.0515. The second kappa shape index (κ2) is 15.6. The number of fused-ring (bicyclic) bond motifs is 8. The first kappa shape index (κ1) is 44.5. The minimum atomic E-state index is -5.02. The number of nitrogens with one attached hydrogen (secondary N) is 4. The van der Waals surface area contributed by atoms with Crippen molar-refractivity contribution in [3.63, 3.8) is 0 Å². The number of halogens is 8. The van der Waals surface area contributed by atoms with Crippen LogP contribution >= 0.6 is 23.2 Å². The lowest BCUT2D eigenvalue weighted by molar-refractivity contribution is -0.141. The van der Waals surface area contributed by atoms with Crippen molar-refractivity contribution in [1.29, 1.82) is 0 Å². The zero-order valence-electron chi connectivity index (χ0n) is 35.0. The predicted molar refractivity (Wildman–Crippen MR) is 238 cm³/mol. The zero-order chi connectivity index (χ0) is 48.5. The Morgan fingerprint density at radius 2 is 1.00 bits per heavy atom. The number of aromatic hydroxyl groups is 2. The molecule has 68 heavy (non-hydrogen) atoms. The summed E-state index contributed by atoms with van der Waals surface area (Å²) in [7, 11) is 1.86. The highest BCUT2D eigenvalue weighted by Gasteiger charge is 2.46. The molecule has 2 aliphatic rings. The lowest BCUT2D eigenvalue weighted by Crippen LogP contribution is -2.30. The molecular formula is C46H32Cl2F6N6O8. The Morgan fingerprint density at radius 1 is 0.618 bits per heavy atom. The van der Waals surface area contributed by atoms with Crippen molar-refractivity contribution in [2.75, 3.05) is 48.9 Å². The van der Waals surface area contributed by atoms with E-state index in [1.807, 2.05) is 12.1 Å². The van der Waals surface area contributed by atoms with Crippen molar-refractivity contribution in [3.05, 3.63) is 106 Å². The number of amides is 2. The fourth-order valence-electron chi connectivity index (χ4n) is 9.65. The first-order valence-electron chi connectivity index (χ1n) is 20.4. The summed E-state index contributed by atoms with van der Waals surface area (Å²) in [4.78, 5) is 67.1. The summed E-state index contributed by atoms with van der Waals surface area (Å²) in [6.45, 7) is -0.164. The number of hydrogen-bond acceptors (Lipinski definition) is 8. The molecule has 0 fully saturated rings. The fraction of sp³-hybridized carbons (Fsp3) is 0.217. The van der Waals surface area contributed by atoms with Gasteiger partial charge in [-0.05, 0) is 58.7 Å². The number of hydrogen-bond donors (Lipinski definition) is 6. The smallest absolute Gasteiger partial charge is 0.432 e. The van der Waals surface area contributed by atoms with Crippen molar-refractivity contribution < 1.29 is 65.2 Å². The number of rotatable bonds is 7. The topological polar surface area (TPSA) is 197 Å². The summed E-state index contributed by atoms with van der Waals surface area (Å²) in [6.07, 6.45) is -10.0. The second-order valence-corrected chi connectivity index (χ2v) is 17.0. The average molecular weight is 982 g/mol. The third-order valence-corrected chi connectivity index (χ3v) is 13.3. The number of aromatic nitrogens is 4. The fourth-order valence-corrected chi connectivity index (χ4v) is 10.2. The minimum Gasteiger partial charge on any atom is -0.506 e. The molecule has 6 heterocycles. The monoisotopic (exact) mass is 980 g/mol. The van der Waals surface area contributed by atoms with E-state index < -0.39 is 82.0 Å². The molecule has 2 amide bonds. The van der Waals surface area contributed by atoms with Gasteiger partial charge >= 0.3 is 24.3 Å². The number of nitrogens with zero attached hydrogens (tertiary/aromatic N) is 2. The number of carbonyl (C=O) groups excluding carboxylic acids is 4. The lowest BCUT2D eigenvalue weighted by Gasteiger charge is -2.17. The maximum absolute atomic E-state index is 14.2. The molecule has 350 valence electrons. The van der Waals surface area contributed by atoms with E-state index in [1.54, 1.807) is 36.4 Å². The largest absolute Gasteiger partial charge is 0.506 e. The molecule has 0 aliphatic carbocycles. The zero-order valence-corrected chi connectivity index (χ0v) is 36.5. The van der Waals surface area contributed by atoms with E-state index in [0.29, 0.717) is 32.9 Å². The molecule has 8 aromatic rings. The van der Waals surface area contributed by atoms with E-state index in [2.05, 4.69) is 19.9 Å². The summed E-state index contributed by atoms with van der Waals surface area (Å²) >= 11 is 12.7. The molecule has 4 aromatic heterocycles. The van der Waals surface area contributed by atoms with Crippen LogP contribution in [0.2, 0.25) is 0 Å². The van der Waals surface area contributed by atoms with Crippen molar-refractivity contribution in [3.8, 4) is 22.6 Å². The van der Waals surface area contributed by atoms with Crippen LogP contribution in [-0.4, -0.2) is 93.0 Å². The SMILES string of the molecule is COC(=O)c1c(C(F)(F)F)[nH]c2c(O)cc3c(c12)[C@H](CCl)CN3C(=O)c1cc2cc(-c3ccc4[nH]c(C(=O)N5C[C@@H](CCl)c6c5cc(O)c5[nH]c(C(F)(F)F)c(C(=O)OC)c65)cc4c3)ccc2[nH]1. The maximum atomic E-state index is 14.2. The van der Waals surface area contributed by atoms with E-state index in [4.69, 9.17) is 32.7 Å². The lowest BCUT2D eigenvalue weighted by atomic mass is 9.95. The Balaban J connectivity index is 0.962. The number of H-pyrrole nitrogens is 4. The van der Waals surface area contributed by atoms with Gasteiger partial charge in [0.2, 0.25) is 0 Å². The number of phenolic OH excluding ortho intramolecular Hbond substituents is 2. The Labute approximate surface area is 387 Å². The van der Waals surface area contributed by atoms with E-state index in [0.717, 1.165) is 26.4 Å². The summed E-state index contributed by atoms with van der Waals surface area (Å²) in [5.74, 6) is -6.79. The summed E-state index contributed by atoms with van der Waals surface area (Å²) < 4.78 is 94.3. The molecule has 0 spiro atoms. The number of ether oxygens (including phenoxy) is 2.